The molecule has 0 bridgehead atoms. The summed E-state index contributed by atoms with van der Waals surface area (Å²) in [5.41, 5.74) is 9.02. The lowest BCUT2D eigenvalue weighted by Gasteiger charge is -2.12. The monoisotopic (exact) mass is 296 g/mol. The normalized spacial score (nSPS) is 10.6. The number of hydrogen-bond donors (Lipinski definition) is 4. The Kier molecular flexibility index (Phi) is 4.67. The van der Waals surface area contributed by atoms with Gasteiger partial charge in [-0.15, -0.1) is 0 Å². The molecular weight excluding hydrogens is 283 g/mol. The molecule has 0 amide bonds. The summed E-state index contributed by atoms with van der Waals surface area (Å²) in [6.45, 7) is 0. The molecule has 0 saturated carbocycles. The van der Waals surface area contributed by atoms with Gasteiger partial charge in [-0.3, -0.25) is 10.8 Å². The van der Waals surface area contributed by atoms with Crippen LogP contribution >= 0.6 is 0 Å². The topological polar surface area (TPSA) is 110 Å². The minimum Gasteiger partial charge on any atom is -0.382 e. The zero-order chi connectivity index (χ0) is 15.9. The molecule has 5 N–H and O–H groups in total. The molecule has 2 rings (SSSR count). The minimum atomic E-state index is -0.436. The van der Waals surface area contributed by atoms with E-state index in [4.69, 9.17) is 16.4 Å². The fraction of sp³-hybridized carbons (Fsp3) is 0. The number of halogens is 1. The van der Waals surface area contributed by atoms with Gasteiger partial charge in [-0.25, -0.2) is 4.39 Å². The van der Waals surface area contributed by atoms with E-state index in [1.165, 1.54) is 6.07 Å². The number of amidine groups is 1. The van der Waals surface area contributed by atoms with Crippen LogP contribution < -0.4 is 16.5 Å². The average Bonchev–Trinajstić information content (AvgIpc) is 2.51. The first-order valence-electron chi connectivity index (χ1n) is 6.30. The minimum absolute atomic E-state index is 0.235. The van der Waals surface area contributed by atoms with Crippen LogP contribution in [0.4, 0.5) is 21.5 Å². The second-order valence-corrected chi connectivity index (χ2v) is 4.25. The Morgan fingerprint density at radius 1 is 1.09 bits per heavy atom. The molecular formula is C15H13FN6. The Hall–Kier alpha value is -3.40. The Bertz CT molecular complexity index is 763. The Labute approximate surface area is 126 Å². The molecule has 110 valence electrons. The van der Waals surface area contributed by atoms with Crippen molar-refractivity contribution in [2.75, 3.05) is 10.7 Å². The summed E-state index contributed by atoms with van der Waals surface area (Å²) in [5, 5.41) is 22.7. The predicted octanol–water partition coefficient (Wildman–Crippen LogP) is 2.80. The number of para-hydroxylation sites is 3. The maximum absolute atomic E-state index is 13.7. The summed E-state index contributed by atoms with van der Waals surface area (Å²) < 4.78 is 13.7. The van der Waals surface area contributed by atoms with E-state index in [2.05, 4.69) is 15.8 Å². The summed E-state index contributed by atoms with van der Waals surface area (Å²) in [7, 11) is 0. The van der Waals surface area contributed by atoms with E-state index < -0.39 is 5.84 Å². The predicted molar refractivity (Wildman–Crippen MR) is 84.7 cm³/mol. The smallest absolute Gasteiger partial charge is 0.201 e. The average molecular weight is 296 g/mol. The van der Waals surface area contributed by atoms with E-state index in [0.29, 0.717) is 17.1 Å². The van der Waals surface area contributed by atoms with Crippen LogP contribution in [-0.4, -0.2) is 11.5 Å². The van der Waals surface area contributed by atoms with Gasteiger partial charge in [-0.1, -0.05) is 24.3 Å². The largest absolute Gasteiger partial charge is 0.382 e. The van der Waals surface area contributed by atoms with Crippen LogP contribution in [0, 0.1) is 22.6 Å². The Morgan fingerprint density at radius 3 is 2.27 bits per heavy atom. The second kappa shape index (κ2) is 6.85. The van der Waals surface area contributed by atoms with Crippen molar-refractivity contribution in [3.63, 3.8) is 0 Å². The van der Waals surface area contributed by atoms with Gasteiger partial charge in [-0.05, 0) is 24.3 Å². The highest BCUT2D eigenvalue weighted by Gasteiger charge is 2.06. The van der Waals surface area contributed by atoms with Gasteiger partial charge in [0, 0.05) is 0 Å². The van der Waals surface area contributed by atoms with Crippen molar-refractivity contribution < 1.29 is 4.39 Å². The quantitative estimate of drug-likeness (QED) is 0.386. The lowest BCUT2D eigenvalue weighted by Crippen LogP contribution is -2.21. The standard InChI is InChI=1S/C15H13FN6/c16-10-5-1-2-6-11(10)20-12-7-3-4-8-13(12)21-22-14(9-17)15(18)19/h1-8,20-21H,(H3,18,19)/b22-14+. The Morgan fingerprint density at radius 2 is 1.68 bits per heavy atom. The summed E-state index contributed by atoms with van der Waals surface area (Å²) in [4.78, 5) is 0. The number of nitrogens with two attached hydrogens (primary N) is 1. The van der Waals surface area contributed by atoms with Crippen LogP contribution in [0.5, 0.6) is 0 Å². The summed E-state index contributed by atoms with van der Waals surface area (Å²) in [6.07, 6.45) is 0. The molecule has 2 aromatic rings. The summed E-state index contributed by atoms with van der Waals surface area (Å²) in [5.74, 6) is -0.822. The van der Waals surface area contributed by atoms with Crippen LogP contribution in [0.1, 0.15) is 0 Å². The third kappa shape index (κ3) is 3.58. The molecule has 0 atom stereocenters. The number of nitrogens with zero attached hydrogens (tertiary/aromatic N) is 2. The van der Waals surface area contributed by atoms with Gasteiger partial charge in [0.25, 0.3) is 0 Å². The zero-order valence-electron chi connectivity index (χ0n) is 11.5. The molecule has 7 heteroatoms. The van der Waals surface area contributed by atoms with Gasteiger partial charge in [0.1, 0.15) is 11.9 Å². The van der Waals surface area contributed by atoms with Gasteiger partial charge >= 0.3 is 0 Å². The molecule has 0 heterocycles. The number of anilines is 3. The van der Waals surface area contributed by atoms with Gasteiger partial charge in [0.15, 0.2) is 5.84 Å². The summed E-state index contributed by atoms with van der Waals surface area (Å²) in [6, 6.07) is 14.9. The molecule has 0 spiro atoms. The van der Waals surface area contributed by atoms with Crippen molar-refractivity contribution in [2.24, 2.45) is 10.8 Å². The first-order chi connectivity index (χ1) is 10.6. The molecule has 0 aliphatic rings. The highest BCUT2D eigenvalue weighted by molar-refractivity contribution is 6.45. The summed E-state index contributed by atoms with van der Waals surface area (Å²) >= 11 is 0. The molecule has 2 aromatic carbocycles. The molecule has 0 unspecified atom stereocenters. The molecule has 0 radical (unpaired) electrons. The molecule has 0 fully saturated rings. The van der Waals surface area contributed by atoms with E-state index in [1.54, 1.807) is 48.5 Å². The maximum Gasteiger partial charge on any atom is 0.201 e. The van der Waals surface area contributed by atoms with Crippen LogP contribution in [0.15, 0.2) is 53.6 Å². The van der Waals surface area contributed by atoms with Gasteiger partial charge in [0.05, 0.1) is 17.1 Å². The van der Waals surface area contributed by atoms with E-state index in [-0.39, 0.29) is 11.5 Å². The van der Waals surface area contributed by atoms with Crippen molar-refractivity contribution >= 4 is 28.6 Å². The molecule has 0 aromatic heterocycles. The van der Waals surface area contributed by atoms with Gasteiger partial charge < -0.3 is 11.1 Å². The maximum atomic E-state index is 13.7. The molecule has 6 nitrogen and oxygen atoms in total. The fourth-order valence-corrected chi connectivity index (χ4v) is 1.66. The van der Waals surface area contributed by atoms with E-state index in [1.807, 2.05) is 0 Å². The number of hydrazone groups is 1. The second-order valence-electron chi connectivity index (χ2n) is 4.25. The zero-order valence-corrected chi connectivity index (χ0v) is 11.5. The molecule has 0 aliphatic heterocycles. The number of nitrogens with one attached hydrogen (secondary N) is 3. The van der Waals surface area contributed by atoms with E-state index >= 15 is 0 Å². The molecule has 0 aliphatic carbocycles. The van der Waals surface area contributed by atoms with E-state index in [0.717, 1.165) is 0 Å². The van der Waals surface area contributed by atoms with Crippen LogP contribution in [0.25, 0.3) is 0 Å². The highest BCUT2D eigenvalue weighted by atomic mass is 19.1. The number of nitriles is 1. The number of hydrogen-bond acceptors (Lipinski definition) is 5. The van der Waals surface area contributed by atoms with Crippen LogP contribution in [-0.2, 0) is 0 Å². The van der Waals surface area contributed by atoms with E-state index in [9.17, 15) is 4.39 Å². The Balaban J connectivity index is 2.26. The van der Waals surface area contributed by atoms with Crippen LogP contribution in [0.2, 0.25) is 0 Å². The van der Waals surface area contributed by atoms with Gasteiger partial charge in [-0.2, -0.15) is 10.4 Å². The first-order valence-corrected chi connectivity index (χ1v) is 6.30. The number of benzene rings is 2. The lowest BCUT2D eigenvalue weighted by molar-refractivity contribution is 0.632. The third-order valence-corrected chi connectivity index (χ3v) is 2.72. The van der Waals surface area contributed by atoms with Crippen molar-refractivity contribution in [1.82, 2.24) is 0 Å². The van der Waals surface area contributed by atoms with Crippen molar-refractivity contribution in [3.05, 3.63) is 54.3 Å². The van der Waals surface area contributed by atoms with Crippen molar-refractivity contribution in [1.29, 1.82) is 10.7 Å². The first kappa shape index (κ1) is 15.0. The fourth-order valence-electron chi connectivity index (χ4n) is 1.66. The molecule has 22 heavy (non-hydrogen) atoms. The van der Waals surface area contributed by atoms with Crippen molar-refractivity contribution in [3.8, 4) is 6.07 Å². The number of rotatable bonds is 5. The third-order valence-electron chi connectivity index (χ3n) is 2.72. The lowest BCUT2D eigenvalue weighted by atomic mass is 10.2. The molecule has 0 saturated heterocycles. The SMILES string of the molecule is N#C/C(=N\Nc1ccccc1Nc1ccccc1F)C(=N)N. The van der Waals surface area contributed by atoms with Gasteiger partial charge in [0.2, 0.25) is 5.71 Å². The van der Waals surface area contributed by atoms with Crippen molar-refractivity contribution in [2.45, 2.75) is 0 Å². The van der Waals surface area contributed by atoms with Crippen LogP contribution in [0.3, 0.4) is 0 Å². The highest BCUT2D eigenvalue weighted by Crippen LogP contribution is 2.26.